The third-order valence-electron chi connectivity index (χ3n) is 3.85. The zero-order valence-corrected chi connectivity index (χ0v) is 11.7. The maximum absolute atomic E-state index is 12.4. The average Bonchev–Trinajstić information content (AvgIpc) is 2.84. The van der Waals surface area contributed by atoms with Crippen LogP contribution in [-0.2, 0) is 9.53 Å². The van der Waals surface area contributed by atoms with E-state index in [0.717, 1.165) is 12.0 Å². The van der Waals surface area contributed by atoms with Crippen molar-refractivity contribution in [2.45, 2.75) is 32.4 Å². The summed E-state index contributed by atoms with van der Waals surface area (Å²) in [5.41, 5.74) is 1.01. The van der Waals surface area contributed by atoms with Crippen molar-refractivity contribution >= 4 is 5.91 Å². The zero-order valence-electron chi connectivity index (χ0n) is 11.7. The van der Waals surface area contributed by atoms with Crippen LogP contribution in [-0.4, -0.2) is 35.7 Å². The molecule has 104 valence electrons. The minimum atomic E-state index is -0.0282. The van der Waals surface area contributed by atoms with Crippen molar-refractivity contribution in [1.29, 1.82) is 0 Å². The molecule has 1 aromatic carbocycles. The fraction of sp³-hybridized carbons (Fsp3) is 0.533. The SMILES string of the molecule is CC1CC(C(=O)N(C)C(C)c2ccc(O)cc2)CO1. The van der Waals surface area contributed by atoms with Gasteiger partial charge in [-0.1, -0.05) is 12.1 Å². The molecule has 1 aliphatic heterocycles. The first kappa shape index (κ1) is 13.9. The maximum atomic E-state index is 12.4. The lowest BCUT2D eigenvalue weighted by atomic mass is 10.0. The Morgan fingerprint density at radius 1 is 1.42 bits per heavy atom. The van der Waals surface area contributed by atoms with Gasteiger partial charge in [-0.25, -0.2) is 0 Å². The van der Waals surface area contributed by atoms with Crippen LogP contribution in [0.25, 0.3) is 0 Å². The molecule has 0 saturated carbocycles. The summed E-state index contributed by atoms with van der Waals surface area (Å²) in [5.74, 6) is 0.340. The molecule has 0 spiro atoms. The third kappa shape index (κ3) is 3.07. The molecule has 4 heteroatoms. The van der Waals surface area contributed by atoms with Gasteiger partial charge >= 0.3 is 0 Å². The fourth-order valence-corrected chi connectivity index (χ4v) is 2.44. The molecule has 4 nitrogen and oxygen atoms in total. The van der Waals surface area contributed by atoms with Crippen molar-refractivity contribution in [2.24, 2.45) is 5.92 Å². The Bertz CT molecular complexity index is 443. The van der Waals surface area contributed by atoms with Gasteiger partial charge in [0.1, 0.15) is 5.75 Å². The van der Waals surface area contributed by atoms with E-state index in [-0.39, 0.29) is 29.7 Å². The van der Waals surface area contributed by atoms with Crippen LogP contribution >= 0.6 is 0 Å². The molecule has 0 bridgehead atoms. The standard InChI is InChI=1S/C15H21NO3/c1-10-8-13(9-19-10)15(18)16(3)11(2)12-4-6-14(17)7-5-12/h4-7,10-11,13,17H,8-9H2,1-3H3. The molecule has 19 heavy (non-hydrogen) atoms. The molecule has 1 fully saturated rings. The van der Waals surface area contributed by atoms with Crippen LogP contribution in [0.4, 0.5) is 0 Å². The number of aromatic hydroxyl groups is 1. The molecule has 1 amide bonds. The van der Waals surface area contributed by atoms with Crippen LogP contribution in [0.15, 0.2) is 24.3 Å². The van der Waals surface area contributed by atoms with E-state index in [1.807, 2.05) is 33.0 Å². The quantitative estimate of drug-likeness (QED) is 0.910. The van der Waals surface area contributed by atoms with Gasteiger partial charge in [0.25, 0.3) is 0 Å². The van der Waals surface area contributed by atoms with Crippen LogP contribution in [0.5, 0.6) is 5.75 Å². The van der Waals surface area contributed by atoms with E-state index in [1.165, 1.54) is 0 Å². The lowest BCUT2D eigenvalue weighted by Crippen LogP contribution is -2.35. The van der Waals surface area contributed by atoms with Crippen LogP contribution < -0.4 is 0 Å². The normalized spacial score (nSPS) is 24.2. The number of hydrogen-bond donors (Lipinski definition) is 1. The Hall–Kier alpha value is -1.55. The summed E-state index contributed by atoms with van der Waals surface area (Å²) < 4.78 is 5.46. The van der Waals surface area contributed by atoms with Crippen molar-refractivity contribution in [3.63, 3.8) is 0 Å². The van der Waals surface area contributed by atoms with Crippen molar-refractivity contribution < 1.29 is 14.6 Å². The fourth-order valence-electron chi connectivity index (χ4n) is 2.44. The number of amides is 1. The predicted octanol–water partition coefficient (Wildman–Crippen LogP) is 2.34. The first-order chi connectivity index (χ1) is 8.99. The monoisotopic (exact) mass is 263 g/mol. The minimum Gasteiger partial charge on any atom is -0.508 e. The molecule has 1 aliphatic rings. The van der Waals surface area contributed by atoms with Gasteiger partial charge in [-0.2, -0.15) is 0 Å². The minimum absolute atomic E-state index is 0.0102. The maximum Gasteiger partial charge on any atom is 0.228 e. The summed E-state index contributed by atoms with van der Waals surface area (Å²) in [5, 5.41) is 9.29. The molecule has 0 aromatic heterocycles. The molecule has 1 N–H and O–H groups in total. The number of rotatable bonds is 3. The summed E-state index contributed by atoms with van der Waals surface area (Å²) >= 11 is 0. The van der Waals surface area contributed by atoms with Gasteiger partial charge in [-0.15, -0.1) is 0 Å². The first-order valence-corrected chi connectivity index (χ1v) is 6.66. The first-order valence-electron chi connectivity index (χ1n) is 6.66. The Balaban J connectivity index is 2.04. The summed E-state index contributed by atoms with van der Waals surface area (Å²) in [6, 6.07) is 6.97. The molecule has 3 atom stereocenters. The summed E-state index contributed by atoms with van der Waals surface area (Å²) in [7, 11) is 1.82. The molecule has 0 radical (unpaired) electrons. The third-order valence-corrected chi connectivity index (χ3v) is 3.85. The van der Waals surface area contributed by atoms with Crippen LogP contribution in [0.2, 0.25) is 0 Å². The number of phenolic OH excluding ortho intramolecular Hbond substituents is 1. The van der Waals surface area contributed by atoms with Crippen molar-refractivity contribution in [2.75, 3.05) is 13.7 Å². The highest BCUT2D eigenvalue weighted by molar-refractivity contribution is 5.79. The Morgan fingerprint density at radius 3 is 2.58 bits per heavy atom. The molecular weight excluding hydrogens is 242 g/mol. The van der Waals surface area contributed by atoms with Crippen LogP contribution in [0, 0.1) is 5.92 Å². The largest absolute Gasteiger partial charge is 0.508 e. The van der Waals surface area contributed by atoms with Gasteiger partial charge in [0.05, 0.1) is 24.7 Å². The number of hydrogen-bond acceptors (Lipinski definition) is 3. The van der Waals surface area contributed by atoms with Gasteiger partial charge in [0.15, 0.2) is 0 Å². The molecule has 2 rings (SSSR count). The molecule has 0 aliphatic carbocycles. The molecule has 1 heterocycles. The zero-order chi connectivity index (χ0) is 14.0. The van der Waals surface area contributed by atoms with E-state index >= 15 is 0 Å². The van der Waals surface area contributed by atoms with Crippen molar-refractivity contribution in [3.05, 3.63) is 29.8 Å². The lowest BCUT2D eigenvalue weighted by Gasteiger charge is -2.27. The molecule has 3 unspecified atom stereocenters. The van der Waals surface area contributed by atoms with Gasteiger partial charge in [-0.3, -0.25) is 4.79 Å². The summed E-state index contributed by atoms with van der Waals surface area (Å²) in [6.45, 7) is 4.51. The molecule has 1 aromatic rings. The van der Waals surface area contributed by atoms with Gasteiger partial charge < -0.3 is 14.7 Å². The van der Waals surface area contributed by atoms with Gasteiger partial charge in [0.2, 0.25) is 5.91 Å². The van der Waals surface area contributed by atoms with Crippen LogP contribution in [0.1, 0.15) is 31.9 Å². The number of benzene rings is 1. The van der Waals surface area contributed by atoms with E-state index in [0.29, 0.717) is 6.61 Å². The van der Waals surface area contributed by atoms with E-state index in [2.05, 4.69) is 0 Å². The van der Waals surface area contributed by atoms with E-state index in [1.54, 1.807) is 17.0 Å². The highest BCUT2D eigenvalue weighted by Crippen LogP contribution is 2.26. The number of phenols is 1. The van der Waals surface area contributed by atoms with Crippen molar-refractivity contribution in [1.82, 2.24) is 4.90 Å². The Morgan fingerprint density at radius 2 is 2.05 bits per heavy atom. The highest BCUT2D eigenvalue weighted by Gasteiger charge is 2.32. The predicted molar refractivity (Wildman–Crippen MR) is 72.8 cm³/mol. The van der Waals surface area contributed by atoms with Crippen LogP contribution in [0.3, 0.4) is 0 Å². The number of carbonyl (C=O) groups is 1. The second-order valence-electron chi connectivity index (χ2n) is 5.29. The second kappa shape index (κ2) is 5.61. The Kier molecular flexibility index (Phi) is 4.10. The topological polar surface area (TPSA) is 49.8 Å². The second-order valence-corrected chi connectivity index (χ2v) is 5.29. The highest BCUT2D eigenvalue weighted by atomic mass is 16.5. The molecule has 1 saturated heterocycles. The lowest BCUT2D eigenvalue weighted by molar-refractivity contribution is -0.136. The van der Waals surface area contributed by atoms with Gasteiger partial charge in [0, 0.05) is 7.05 Å². The van der Waals surface area contributed by atoms with E-state index in [9.17, 15) is 9.90 Å². The summed E-state index contributed by atoms with van der Waals surface area (Å²) in [4.78, 5) is 14.1. The number of ether oxygens (including phenoxy) is 1. The van der Waals surface area contributed by atoms with E-state index in [4.69, 9.17) is 4.74 Å². The number of carbonyl (C=O) groups excluding carboxylic acids is 1. The number of nitrogens with zero attached hydrogens (tertiary/aromatic N) is 1. The Labute approximate surface area is 114 Å². The summed E-state index contributed by atoms with van der Waals surface area (Å²) in [6.07, 6.45) is 0.970. The smallest absolute Gasteiger partial charge is 0.228 e. The van der Waals surface area contributed by atoms with Crippen molar-refractivity contribution in [3.8, 4) is 5.75 Å². The molecular formula is C15H21NO3. The van der Waals surface area contributed by atoms with E-state index < -0.39 is 0 Å². The van der Waals surface area contributed by atoms with Gasteiger partial charge in [-0.05, 0) is 38.0 Å². The average molecular weight is 263 g/mol.